The highest BCUT2D eigenvalue weighted by Gasteiger charge is 2.60. The maximum absolute atomic E-state index is 14.2. The lowest BCUT2D eigenvalue weighted by molar-refractivity contribution is -0.159. The Kier molecular flexibility index (Phi) is 15.7. The van der Waals surface area contributed by atoms with Crippen molar-refractivity contribution in [2.45, 2.75) is 148 Å². The molecular formula is C64H72N10O8S. The highest BCUT2D eigenvalue weighted by atomic mass is 32.1. The SMILES string of the molecule is Cc1c(-c2ccc(N3CCc4cccc(C(=O)Nc5nc6ccccc6s5)c4C3)nc2C(=O)O)cnn1CC12C[C@H]3C[C@H](C1)CC(C(=O)NCCCCCCCCCCCCNc1cccc4c1C(=O)N([C@@H]1CCC(=O)NC1=O)C4=O)(C3)C2. The van der Waals surface area contributed by atoms with Crippen molar-refractivity contribution < 1.29 is 38.7 Å². The number of piperidine rings is 1. The Bertz CT molecular complexity index is 3510. The van der Waals surface area contributed by atoms with Crippen LogP contribution in [0.25, 0.3) is 21.3 Å². The molecular weight excluding hydrogens is 1070 g/mol. The number of anilines is 3. The molecule has 6 aromatic rings. The van der Waals surface area contributed by atoms with Gasteiger partial charge in [0.2, 0.25) is 17.7 Å². The lowest BCUT2D eigenvalue weighted by Gasteiger charge is -2.61. The number of amides is 6. The van der Waals surface area contributed by atoms with E-state index in [4.69, 9.17) is 10.1 Å². The summed E-state index contributed by atoms with van der Waals surface area (Å²) in [4.78, 5) is 104. The van der Waals surface area contributed by atoms with Gasteiger partial charge in [0.05, 0.1) is 33.0 Å². The minimum Gasteiger partial charge on any atom is -0.476 e. The van der Waals surface area contributed by atoms with Gasteiger partial charge in [-0.25, -0.2) is 14.8 Å². The van der Waals surface area contributed by atoms with E-state index >= 15 is 0 Å². The number of carboxylic acid groups (broad SMARTS) is 1. The Morgan fingerprint density at radius 2 is 1.51 bits per heavy atom. The molecule has 432 valence electrons. The Hall–Kier alpha value is -7.80. The molecule has 3 aromatic carbocycles. The quantitative estimate of drug-likeness (QED) is 0.0297. The van der Waals surface area contributed by atoms with Crippen LogP contribution in [-0.2, 0) is 33.9 Å². The van der Waals surface area contributed by atoms with Crippen molar-refractivity contribution in [2.75, 3.05) is 35.2 Å². The van der Waals surface area contributed by atoms with Crippen molar-refractivity contribution in [3.05, 3.63) is 118 Å². The summed E-state index contributed by atoms with van der Waals surface area (Å²) in [6.45, 7) is 5.06. The second-order valence-corrected chi connectivity index (χ2v) is 25.4. The number of para-hydroxylation sites is 1. The molecule has 5 fully saturated rings. The van der Waals surface area contributed by atoms with Crippen LogP contribution in [0.5, 0.6) is 0 Å². The summed E-state index contributed by atoms with van der Waals surface area (Å²) in [5.74, 6) is -1.62. The van der Waals surface area contributed by atoms with E-state index < -0.39 is 35.6 Å². The Balaban J connectivity index is 0.580. The highest BCUT2D eigenvalue weighted by Crippen LogP contribution is 2.66. The number of unbranched alkanes of at least 4 members (excludes halogenated alkanes) is 9. The van der Waals surface area contributed by atoms with E-state index in [9.17, 15) is 38.7 Å². The van der Waals surface area contributed by atoms with E-state index in [-0.39, 0.29) is 52.3 Å². The number of benzene rings is 3. The van der Waals surface area contributed by atoms with Gasteiger partial charge in [-0.05, 0) is 142 Å². The second kappa shape index (κ2) is 23.5. The van der Waals surface area contributed by atoms with E-state index in [2.05, 4.69) is 26.3 Å². The molecule has 18 nitrogen and oxygen atoms in total. The Morgan fingerprint density at radius 1 is 0.771 bits per heavy atom. The smallest absolute Gasteiger partial charge is 0.355 e. The maximum Gasteiger partial charge on any atom is 0.355 e. The summed E-state index contributed by atoms with van der Waals surface area (Å²) in [5.41, 5.74) is 6.16. The third-order valence-corrected chi connectivity index (χ3v) is 19.6. The van der Waals surface area contributed by atoms with E-state index in [1.54, 1.807) is 24.4 Å². The number of thiazole rings is 1. The molecule has 0 radical (unpaired) electrons. The van der Waals surface area contributed by atoms with Crippen LogP contribution in [0.15, 0.2) is 79.0 Å². The zero-order valence-corrected chi connectivity index (χ0v) is 47.9. The zero-order chi connectivity index (χ0) is 57.4. The normalized spacial score (nSPS) is 22.4. The molecule has 3 aliphatic heterocycles. The van der Waals surface area contributed by atoms with Gasteiger partial charge in [0.25, 0.3) is 17.7 Å². The molecule has 1 saturated heterocycles. The second-order valence-electron chi connectivity index (χ2n) is 24.4. The van der Waals surface area contributed by atoms with E-state index in [0.29, 0.717) is 78.7 Å². The number of nitrogens with zero attached hydrogens (tertiary/aromatic N) is 6. The van der Waals surface area contributed by atoms with Crippen LogP contribution in [-0.4, -0.2) is 96.8 Å². The molecule has 7 aliphatic rings. The van der Waals surface area contributed by atoms with Crippen molar-refractivity contribution in [2.24, 2.45) is 22.7 Å². The van der Waals surface area contributed by atoms with Crippen LogP contribution in [0.3, 0.4) is 0 Å². The third-order valence-electron chi connectivity index (χ3n) is 18.7. The van der Waals surface area contributed by atoms with Gasteiger partial charge in [0, 0.05) is 67.2 Å². The van der Waals surface area contributed by atoms with Gasteiger partial charge in [0.15, 0.2) is 10.8 Å². The Labute approximate surface area is 486 Å². The third kappa shape index (κ3) is 11.3. The number of fused-ring (bicyclic) bond motifs is 3. The average Bonchev–Trinajstić information content (AvgIpc) is 1.66. The van der Waals surface area contributed by atoms with Crippen molar-refractivity contribution in [1.82, 2.24) is 35.3 Å². The number of nitrogens with one attached hydrogen (secondary N) is 4. The first-order valence-electron chi connectivity index (χ1n) is 29.9. The monoisotopic (exact) mass is 1140 g/mol. The van der Waals surface area contributed by atoms with Crippen molar-refractivity contribution in [3.8, 4) is 11.1 Å². The first-order chi connectivity index (χ1) is 40.2. The summed E-state index contributed by atoms with van der Waals surface area (Å²) in [6.07, 6.45) is 19.7. The number of aromatic carboxylic acids is 1. The molecule has 4 bridgehead atoms. The number of hydrogen-bond donors (Lipinski definition) is 5. The number of rotatable bonds is 23. The van der Waals surface area contributed by atoms with Gasteiger partial charge < -0.3 is 20.6 Å². The van der Waals surface area contributed by atoms with Crippen LogP contribution < -0.4 is 26.2 Å². The highest BCUT2D eigenvalue weighted by molar-refractivity contribution is 7.22. The fourth-order valence-corrected chi connectivity index (χ4v) is 16.0. The molecule has 19 heteroatoms. The molecule has 6 amide bonds. The predicted octanol–water partition coefficient (Wildman–Crippen LogP) is 10.5. The van der Waals surface area contributed by atoms with E-state index in [1.807, 2.05) is 71.1 Å². The molecule has 4 saturated carbocycles. The molecule has 6 heterocycles. The fourth-order valence-electron chi connectivity index (χ4n) is 15.1. The number of carbonyl (C=O) groups is 7. The number of aromatic nitrogens is 4. The molecule has 3 atom stereocenters. The largest absolute Gasteiger partial charge is 0.476 e. The molecule has 83 heavy (non-hydrogen) atoms. The first kappa shape index (κ1) is 55.7. The lowest BCUT2D eigenvalue weighted by Crippen LogP contribution is -2.58. The zero-order valence-electron chi connectivity index (χ0n) is 47.1. The van der Waals surface area contributed by atoms with Crippen LogP contribution in [0.2, 0.25) is 0 Å². The molecule has 13 rings (SSSR count). The van der Waals surface area contributed by atoms with E-state index in [0.717, 1.165) is 115 Å². The van der Waals surface area contributed by atoms with Crippen molar-refractivity contribution in [3.63, 3.8) is 0 Å². The number of carboxylic acids is 1. The fraction of sp³-hybridized carbons (Fsp3) is 0.469. The minimum absolute atomic E-state index is 0.0439. The van der Waals surface area contributed by atoms with Crippen LogP contribution in [0.4, 0.5) is 16.6 Å². The van der Waals surface area contributed by atoms with Gasteiger partial charge in [0.1, 0.15) is 11.9 Å². The summed E-state index contributed by atoms with van der Waals surface area (Å²) in [7, 11) is 0. The van der Waals surface area contributed by atoms with Gasteiger partial charge in [-0.2, -0.15) is 5.10 Å². The van der Waals surface area contributed by atoms with Crippen molar-refractivity contribution in [1.29, 1.82) is 0 Å². The summed E-state index contributed by atoms with van der Waals surface area (Å²) >= 11 is 1.43. The van der Waals surface area contributed by atoms with E-state index in [1.165, 1.54) is 37.0 Å². The number of imide groups is 2. The number of carbonyl (C=O) groups excluding carboxylic acids is 6. The van der Waals surface area contributed by atoms with Crippen LogP contribution >= 0.6 is 11.3 Å². The summed E-state index contributed by atoms with van der Waals surface area (Å²) in [5, 5.41) is 28.1. The molecule has 5 N–H and O–H groups in total. The maximum atomic E-state index is 14.2. The van der Waals surface area contributed by atoms with Gasteiger partial charge in [-0.15, -0.1) is 0 Å². The van der Waals surface area contributed by atoms with Crippen LogP contribution in [0, 0.1) is 29.6 Å². The van der Waals surface area contributed by atoms with Crippen molar-refractivity contribution >= 4 is 79.6 Å². The Morgan fingerprint density at radius 3 is 2.25 bits per heavy atom. The van der Waals surface area contributed by atoms with Gasteiger partial charge in [-0.1, -0.05) is 93.0 Å². The standard InChI is InChI=1S/C64H72N10O8S/c1-39-46(43-22-24-52(69-55(43)60(80)81)72-29-26-42-16-14-17-44(47(42)36-72)56(76)71-62-68-48-19-10-11-21-51(48)83-62)35-67-73(39)38-63-31-40-30-41(32-63)34-64(33-40,37-63)61(82)66-28-13-9-7-5-3-2-4-6-8-12-27-65-49-20-15-18-45-54(49)59(79)74(58(45)78)50-23-25-53(75)70-57(50)77/h10-11,14-22,24,35,40-41,50,65H,2-9,12-13,23,25-34,36-38H2,1H3,(H,66,82)(H,80,81)(H,68,71,76)(H,70,75,77)/t40-,41-,50-,63?,64?/m1/s1. The molecule has 4 aliphatic carbocycles. The van der Waals surface area contributed by atoms with Crippen LogP contribution in [0.1, 0.15) is 174 Å². The molecule has 0 unspecified atom stereocenters. The minimum atomic E-state index is -1.12. The molecule has 0 spiro atoms. The number of hydrogen-bond acceptors (Lipinski definition) is 13. The predicted molar refractivity (Wildman–Crippen MR) is 316 cm³/mol. The lowest BCUT2D eigenvalue weighted by atomic mass is 9.44. The summed E-state index contributed by atoms with van der Waals surface area (Å²) in [6, 6.07) is 21.4. The van der Waals surface area contributed by atoms with Gasteiger partial charge in [-0.3, -0.25) is 49.0 Å². The number of pyridine rings is 1. The summed E-state index contributed by atoms with van der Waals surface area (Å²) < 4.78 is 3.04. The first-order valence-corrected chi connectivity index (χ1v) is 30.7. The average molecular weight is 1140 g/mol. The molecule has 3 aromatic heterocycles. The van der Waals surface area contributed by atoms with Gasteiger partial charge >= 0.3 is 5.97 Å². The topological polar surface area (TPSA) is 238 Å².